The number of amides is 1. The molecule has 1 aliphatic heterocycles. The van der Waals surface area contributed by atoms with Crippen LogP contribution in [0.15, 0.2) is 0 Å². The van der Waals surface area contributed by atoms with Crippen LogP contribution in [0.3, 0.4) is 0 Å². The monoisotopic (exact) mass is 187 g/mol. The number of carbonyl (C=O) groups is 1. The van der Waals surface area contributed by atoms with Crippen molar-refractivity contribution in [1.29, 1.82) is 0 Å². The second-order valence-corrected chi connectivity index (χ2v) is 3.76. The van der Waals surface area contributed by atoms with Gasteiger partial charge < -0.3 is 4.90 Å². The molecule has 1 saturated heterocycles. The Morgan fingerprint density at radius 3 is 2.92 bits per heavy atom. The van der Waals surface area contributed by atoms with Crippen LogP contribution in [0, 0.1) is 0 Å². The smallest absolute Gasteiger partial charge is 0.232 e. The molecule has 0 spiro atoms. The summed E-state index contributed by atoms with van der Waals surface area (Å²) in [5.74, 6) is 0.539. The standard InChI is InChI=1S/C9H17NOS/c1-8-5-3-2-4-6-10(8)9(11)7-12/h8,12H,2-7H2,1H3. The second kappa shape index (κ2) is 4.75. The maximum Gasteiger partial charge on any atom is 0.232 e. The van der Waals surface area contributed by atoms with Crippen molar-refractivity contribution in [1.82, 2.24) is 4.90 Å². The maximum absolute atomic E-state index is 11.4. The van der Waals surface area contributed by atoms with E-state index in [1.807, 2.05) is 4.90 Å². The lowest BCUT2D eigenvalue weighted by molar-refractivity contribution is -0.130. The first-order valence-corrected chi connectivity index (χ1v) is 5.29. The number of hydrogen-bond acceptors (Lipinski definition) is 2. The molecular formula is C9H17NOS. The summed E-state index contributed by atoms with van der Waals surface area (Å²) in [6, 6.07) is 0.423. The summed E-state index contributed by atoms with van der Waals surface area (Å²) in [6.07, 6.45) is 4.83. The average molecular weight is 187 g/mol. The van der Waals surface area contributed by atoms with Gasteiger partial charge in [0.25, 0.3) is 0 Å². The molecule has 1 unspecified atom stereocenters. The van der Waals surface area contributed by atoms with E-state index in [1.165, 1.54) is 12.8 Å². The van der Waals surface area contributed by atoms with Crippen molar-refractivity contribution in [2.45, 2.75) is 38.6 Å². The third-order valence-corrected chi connectivity index (χ3v) is 2.78. The van der Waals surface area contributed by atoms with E-state index in [1.54, 1.807) is 0 Å². The Bertz CT molecular complexity index is 161. The number of hydrogen-bond donors (Lipinski definition) is 1. The van der Waals surface area contributed by atoms with Crippen LogP contribution >= 0.6 is 12.6 Å². The molecule has 1 fully saturated rings. The molecule has 12 heavy (non-hydrogen) atoms. The summed E-state index contributed by atoms with van der Waals surface area (Å²) in [4.78, 5) is 13.4. The van der Waals surface area contributed by atoms with Crippen LogP contribution < -0.4 is 0 Å². The van der Waals surface area contributed by atoms with Gasteiger partial charge >= 0.3 is 0 Å². The molecule has 0 N–H and O–H groups in total. The molecule has 70 valence electrons. The van der Waals surface area contributed by atoms with Gasteiger partial charge in [0.1, 0.15) is 0 Å². The van der Waals surface area contributed by atoms with Crippen LogP contribution in [-0.4, -0.2) is 29.1 Å². The first-order chi connectivity index (χ1) is 5.75. The highest BCUT2D eigenvalue weighted by atomic mass is 32.1. The lowest BCUT2D eigenvalue weighted by Gasteiger charge is -2.26. The van der Waals surface area contributed by atoms with Gasteiger partial charge in [0.15, 0.2) is 0 Å². The first-order valence-electron chi connectivity index (χ1n) is 4.66. The topological polar surface area (TPSA) is 20.3 Å². The van der Waals surface area contributed by atoms with Gasteiger partial charge in [-0.15, -0.1) is 0 Å². The van der Waals surface area contributed by atoms with Gasteiger partial charge in [0.2, 0.25) is 5.91 Å². The predicted octanol–water partition coefficient (Wildman–Crippen LogP) is 1.71. The van der Waals surface area contributed by atoms with Gasteiger partial charge in [-0.25, -0.2) is 0 Å². The molecule has 0 radical (unpaired) electrons. The molecule has 0 saturated carbocycles. The van der Waals surface area contributed by atoms with E-state index in [0.717, 1.165) is 19.4 Å². The van der Waals surface area contributed by atoms with Gasteiger partial charge in [-0.2, -0.15) is 12.6 Å². The van der Waals surface area contributed by atoms with Crippen LogP contribution in [0.4, 0.5) is 0 Å². The maximum atomic E-state index is 11.4. The van der Waals surface area contributed by atoms with Crippen molar-refractivity contribution < 1.29 is 4.79 Å². The van der Waals surface area contributed by atoms with Gasteiger partial charge in [-0.05, 0) is 19.8 Å². The highest BCUT2D eigenvalue weighted by Crippen LogP contribution is 2.16. The molecule has 2 nitrogen and oxygen atoms in total. The minimum absolute atomic E-state index is 0.188. The minimum atomic E-state index is 0.188. The Hall–Kier alpha value is -0.180. The fraction of sp³-hybridized carbons (Fsp3) is 0.889. The van der Waals surface area contributed by atoms with Gasteiger partial charge in [-0.1, -0.05) is 12.8 Å². The van der Waals surface area contributed by atoms with Crippen LogP contribution in [-0.2, 0) is 4.79 Å². The normalized spacial score (nSPS) is 25.2. The quantitative estimate of drug-likeness (QED) is 0.620. The van der Waals surface area contributed by atoms with E-state index in [-0.39, 0.29) is 5.91 Å². The van der Waals surface area contributed by atoms with Crippen LogP contribution in [0.5, 0.6) is 0 Å². The Balaban J connectivity index is 2.52. The Kier molecular flexibility index (Phi) is 3.92. The summed E-state index contributed by atoms with van der Waals surface area (Å²) in [5.41, 5.74) is 0. The number of thiol groups is 1. The Labute approximate surface area is 79.7 Å². The molecule has 1 heterocycles. The van der Waals surface area contributed by atoms with Crippen LogP contribution in [0.1, 0.15) is 32.6 Å². The molecule has 0 aromatic rings. The third kappa shape index (κ3) is 2.41. The molecule has 0 aromatic carbocycles. The van der Waals surface area contributed by atoms with Crippen molar-refractivity contribution in [3.05, 3.63) is 0 Å². The van der Waals surface area contributed by atoms with Crippen molar-refractivity contribution in [3.8, 4) is 0 Å². The SMILES string of the molecule is CC1CCCCCN1C(=O)CS. The molecule has 0 bridgehead atoms. The third-order valence-electron chi connectivity index (χ3n) is 2.51. The number of nitrogens with zero attached hydrogens (tertiary/aromatic N) is 1. The number of rotatable bonds is 1. The van der Waals surface area contributed by atoms with E-state index in [0.29, 0.717) is 11.8 Å². The first kappa shape index (κ1) is 9.90. The Morgan fingerprint density at radius 1 is 1.50 bits per heavy atom. The van der Waals surface area contributed by atoms with Crippen molar-refractivity contribution in [3.63, 3.8) is 0 Å². The molecule has 1 aliphatic rings. The Morgan fingerprint density at radius 2 is 2.25 bits per heavy atom. The molecule has 1 amide bonds. The van der Waals surface area contributed by atoms with Gasteiger partial charge in [0.05, 0.1) is 5.75 Å². The summed E-state index contributed by atoms with van der Waals surface area (Å²) < 4.78 is 0. The van der Waals surface area contributed by atoms with Crippen LogP contribution in [0.25, 0.3) is 0 Å². The minimum Gasteiger partial charge on any atom is -0.339 e. The molecule has 1 rings (SSSR count). The summed E-state index contributed by atoms with van der Waals surface area (Å²) >= 11 is 4.01. The van der Waals surface area contributed by atoms with Crippen molar-refractivity contribution in [2.75, 3.05) is 12.3 Å². The zero-order chi connectivity index (χ0) is 8.97. The van der Waals surface area contributed by atoms with Crippen molar-refractivity contribution in [2.24, 2.45) is 0 Å². The van der Waals surface area contributed by atoms with Gasteiger partial charge in [0, 0.05) is 12.6 Å². The number of carbonyl (C=O) groups excluding carboxylic acids is 1. The van der Waals surface area contributed by atoms with E-state index in [2.05, 4.69) is 19.6 Å². The van der Waals surface area contributed by atoms with Crippen LogP contribution in [0.2, 0.25) is 0 Å². The van der Waals surface area contributed by atoms with Gasteiger partial charge in [-0.3, -0.25) is 4.79 Å². The summed E-state index contributed by atoms with van der Waals surface area (Å²) in [5, 5.41) is 0. The average Bonchev–Trinajstić information content (AvgIpc) is 2.28. The lowest BCUT2D eigenvalue weighted by atomic mass is 10.1. The zero-order valence-corrected chi connectivity index (χ0v) is 8.52. The molecule has 0 aromatic heterocycles. The van der Waals surface area contributed by atoms with E-state index >= 15 is 0 Å². The highest BCUT2D eigenvalue weighted by Gasteiger charge is 2.20. The number of likely N-dealkylation sites (tertiary alicyclic amines) is 1. The van der Waals surface area contributed by atoms with E-state index in [4.69, 9.17) is 0 Å². The molecule has 1 atom stereocenters. The van der Waals surface area contributed by atoms with Crippen molar-refractivity contribution >= 4 is 18.5 Å². The fourth-order valence-corrected chi connectivity index (χ4v) is 1.92. The lowest BCUT2D eigenvalue weighted by Crippen LogP contribution is -2.38. The largest absolute Gasteiger partial charge is 0.339 e. The zero-order valence-electron chi connectivity index (χ0n) is 7.62. The van der Waals surface area contributed by atoms with E-state index in [9.17, 15) is 4.79 Å². The summed E-state index contributed by atoms with van der Waals surface area (Å²) in [6.45, 7) is 3.06. The summed E-state index contributed by atoms with van der Waals surface area (Å²) in [7, 11) is 0. The molecular weight excluding hydrogens is 170 g/mol. The van der Waals surface area contributed by atoms with E-state index < -0.39 is 0 Å². The highest BCUT2D eigenvalue weighted by molar-refractivity contribution is 7.81. The predicted molar refractivity (Wildman–Crippen MR) is 53.5 cm³/mol. The second-order valence-electron chi connectivity index (χ2n) is 3.44. The molecule has 3 heteroatoms. The fourth-order valence-electron chi connectivity index (χ4n) is 1.74. The molecule has 0 aliphatic carbocycles.